The molecule has 216 valence electrons. The zero-order valence-corrected chi connectivity index (χ0v) is 23.9. The minimum absolute atomic E-state index is 0.0290. The molecule has 0 spiro atoms. The third-order valence-corrected chi connectivity index (χ3v) is 8.66. The van der Waals surface area contributed by atoms with Crippen LogP contribution < -0.4 is 24.8 Å². The second kappa shape index (κ2) is 10.3. The number of anilines is 1. The smallest absolute Gasteiger partial charge is 0.240 e. The lowest BCUT2D eigenvalue weighted by molar-refractivity contribution is -0.148. The van der Waals surface area contributed by atoms with Gasteiger partial charge in [0.1, 0.15) is 16.9 Å². The highest BCUT2D eigenvalue weighted by atomic mass is 16.5. The highest BCUT2D eigenvalue weighted by molar-refractivity contribution is 6.34. The van der Waals surface area contributed by atoms with E-state index in [9.17, 15) is 9.59 Å². The van der Waals surface area contributed by atoms with Crippen molar-refractivity contribution in [2.75, 3.05) is 26.6 Å². The Balaban J connectivity index is 1.08. The molecule has 10 heteroatoms. The molecule has 0 aliphatic heterocycles. The van der Waals surface area contributed by atoms with Crippen molar-refractivity contribution in [1.29, 1.82) is 0 Å². The summed E-state index contributed by atoms with van der Waals surface area (Å²) in [5, 5.41) is 6.89. The standard InChI is InChI=1S/C32H33N5O5/c1-5-34-16-27(33-2)30-17-31(18-30,19-30)37-29(39)32(11-12-32)28(38)36-20-6-8-21(9-7-20)42-24-10-13-35-23-15-26(41-4)25(40-3)14-22(23)24/h5-10,13-16H,1,11-12,17-19H2,2-4H3,(H,36,38)(H,37,39). The number of carbonyl (C=O) groups excluding carboxylic acids is 2. The molecule has 2 N–H and O–H groups in total. The van der Waals surface area contributed by atoms with Gasteiger partial charge in [-0.05, 0) is 68.5 Å². The van der Waals surface area contributed by atoms with Crippen molar-refractivity contribution in [2.45, 2.75) is 37.6 Å². The molecular weight excluding hydrogens is 534 g/mol. The largest absolute Gasteiger partial charge is 0.493 e. The van der Waals surface area contributed by atoms with Crippen molar-refractivity contribution in [2.24, 2.45) is 20.8 Å². The fourth-order valence-corrected chi connectivity index (χ4v) is 6.31. The summed E-state index contributed by atoms with van der Waals surface area (Å²) in [6, 6.07) is 12.5. The Hall–Kier alpha value is -4.73. The fraction of sp³-hybridized carbons (Fsp3) is 0.344. The summed E-state index contributed by atoms with van der Waals surface area (Å²) in [6.07, 6.45) is 8.41. The Bertz CT molecular complexity index is 1620. The minimum Gasteiger partial charge on any atom is -0.493 e. The van der Waals surface area contributed by atoms with Crippen LogP contribution in [0.3, 0.4) is 0 Å². The molecule has 0 atom stereocenters. The maximum atomic E-state index is 13.3. The van der Waals surface area contributed by atoms with E-state index in [1.807, 2.05) is 6.07 Å². The zero-order chi connectivity index (χ0) is 29.5. The van der Waals surface area contributed by atoms with E-state index in [2.05, 4.69) is 32.2 Å². The van der Waals surface area contributed by atoms with Crippen molar-refractivity contribution in [1.82, 2.24) is 10.3 Å². The van der Waals surface area contributed by atoms with Gasteiger partial charge in [0.05, 0.1) is 25.4 Å². The number of methoxy groups -OCH3 is 2. The number of nitrogens with zero attached hydrogens (tertiary/aromatic N) is 3. The molecule has 2 aromatic carbocycles. The van der Waals surface area contributed by atoms with Gasteiger partial charge in [0.15, 0.2) is 11.5 Å². The number of aromatic nitrogens is 1. The van der Waals surface area contributed by atoms with E-state index in [1.54, 1.807) is 70.1 Å². The lowest BCUT2D eigenvalue weighted by atomic mass is 9.38. The van der Waals surface area contributed by atoms with Crippen LogP contribution >= 0.6 is 0 Å². The first-order valence-electron chi connectivity index (χ1n) is 13.8. The average molecular weight is 568 g/mol. The molecular formula is C32H33N5O5. The lowest BCUT2D eigenvalue weighted by Gasteiger charge is -2.70. The van der Waals surface area contributed by atoms with Crippen molar-refractivity contribution in [3.63, 3.8) is 0 Å². The van der Waals surface area contributed by atoms with Crippen LogP contribution in [0.5, 0.6) is 23.0 Å². The second-order valence-electron chi connectivity index (χ2n) is 11.3. The number of carbonyl (C=O) groups is 2. The number of hydrogen-bond donors (Lipinski definition) is 2. The van der Waals surface area contributed by atoms with Gasteiger partial charge in [-0.3, -0.25) is 24.6 Å². The van der Waals surface area contributed by atoms with Gasteiger partial charge in [-0.2, -0.15) is 0 Å². The Morgan fingerprint density at radius 2 is 1.67 bits per heavy atom. The van der Waals surface area contributed by atoms with Gasteiger partial charge in [-0.1, -0.05) is 6.58 Å². The monoisotopic (exact) mass is 567 g/mol. The van der Waals surface area contributed by atoms with E-state index < -0.39 is 5.41 Å². The van der Waals surface area contributed by atoms with Crippen LogP contribution in [-0.2, 0) is 9.59 Å². The molecule has 10 nitrogen and oxygen atoms in total. The fourth-order valence-electron chi connectivity index (χ4n) is 6.31. The van der Waals surface area contributed by atoms with E-state index in [1.165, 1.54) is 6.20 Å². The van der Waals surface area contributed by atoms with Gasteiger partial charge in [0.2, 0.25) is 11.8 Å². The molecule has 4 aliphatic carbocycles. The predicted molar refractivity (Wildman–Crippen MR) is 161 cm³/mol. The maximum Gasteiger partial charge on any atom is 0.240 e. The van der Waals surface area contributed by atoms with E-state index >= 15 is 0 Å². The molecule has 0 unspecified atom stereocenters. The molecule has 0 saturated heterocycles. The third kappa shape index (κ3) is 4.56. The van der Waals surface area contributed by atoms with Gasteiger partial charge in [-0.15, -0.1) is 0 Å². The van der Waals surface area contributed by atoms with E-state index in [0.717, 1.165) is 30.4 Å². The van der Waals surface area contributed by atoms with Crippen LogP contribution in [-0.4, -0.2) is 55.5 Å². The molecule has 4 aliphatic rings. The van der Waals surface area contributed by atoms with Gasteiger partial charge >= 0.3 is 0 Å². The van der Waals surface area contributed by atoms with Crippen LogP contribution in [0.1, 0.15) is 32.1 Å². The Labute approximate surface area is 243 Å². The van der Waals surface area contributed by atoms with Crippen molar-refractivity contribution >= 4 is 40.3 Å². The molecule has 2 amide bonds. The summed E-state index contributed by atoms with van der Waals surface area (Å²) < 4.78 is 16.9. The third-order valence-electron chi connectivity index (χ3n) is 8.66. The minimum atomic E-state index is -1.03. The predicted octanol–water partition coefficient (Wildman–Crippen LogP) is 5.09. The summed E-state index contributed by atoms with van der Waals surface area (Å²) in [7, 11) is 4.91. The van der Waals surface area contributed by atoms with Crippen molar-refractivity contribution in [3.8, 4) is 23.0 Å². The highest BCUT2D eigenvalue weighted by Gasteiger charge is 2.71. The number of amides is 2. The molecule has 4 fully saturated rings. The molecule has 0 radical (unpaired) electrons. The summed E-state index contributed by atoms with van der Waals surface area (Å²) >= 11 is 0. The quantitative estimate of drug-likeness (QED) is 0.246. The van der Waals surface area contributed by atoms with Crippen LogP contribution in [0, 0.1) is 10.8 Å². The topological polar surface area (TPSA) is 124 Å². The van der Waals surface area contributed by atoms with Gasteiger partial charge in [0.25, 0.3) is 0 Å². The number of nitrogens with one attached hydrogen (secondary N) is 2. The number of aliphatic imine (C=N–C) groups is 2. The Morgan fingerprint density at radius 1 is 0.976 bits per heavy atom. The molecule has 2 bridgehead atoms. The summed E-state index contributed by atoms with van der Waals surface area (Å²) in [5.41, 5.74) is 0.917. The summed E-state index contributed by atoms with van der Waals surface area (Å²) in [4.78, 5) is 39.4. The van der Waals surface area contributed by atoms with Crippen molar-refractivity contribution < 1.29 is 23.8 Å². The van der Waals surface area contributed by atoms with E-state index in [4.69, 9.17) is 14.2 Å². The first-order chi connectivity index (χ1) is 20.3. The maximum absolute atomic E-state index is 13.3. The molecule has 4 saturated carbocycles. The Kier molecular flexibility index (Phi) is 6.71. The summed E-state index contributed by atoms with van der Waals surface area (Å²) in [6.45, 7) is 3.62. The molecule has 42 heavy (non-hydrogen) atoms. The van der Waals surface area contributed by atoms with Crippen LogP contribution in [0.15, 0.2) is 71.4 Å². The van der Waals surface area contributed by atoms with E-state index in [-0.39, 0.29) is 22.8 Å². The number of ether oxygens (including phenoxy) is 3. The lowest BCUT2D eigenvalue weighted by Crippen LogP contribution is -2.77. The van der Waals surface area contributed by atoms with Crippen LogP contribution in [0.2, 0.25) is 0 Å². The van der Waals surface area contributed by atoms with E-state index in [0.29, 0.717) is 47.0 Å². The number of hydrogen-bond acceptors (Lipinski definition) is 8. The first kappa shape index (κ1) is 27.4. The molecule has 1 aromatic heterocycles. The van der Waals surface area contributed by atoms with Gasteiger partial charge in [0, 0.05) is 53.8 Å². The zero-order valence-electron chi connectivity index (χ0n) is 23.9. The second-order valence-corrected chi connectivity index (χ2v) is 11.3. The normalized spacial score (nSPS) is 23.4. The van der Waals surface area contributed by atoms with Crippen molar-refractivity contribution in [3.05, 3.63) is 61.4 Å². The molecule has 7 rings (SSSR count). The van der Waals surface area contributed by atoms with Gasteiger partial charge < -0.3 is 24.8 Å². The Morgan fingerprint density at radius 3 is 2.29 bits per heavy atom. The van der Waals surface area contributed by atoms with Crippen LogP contribution in [0.4, 0.5) is 5.69 Å². The number of benzene rings is 2. The number of rotatable bonds is 11. The molecule has 1 heterocycles. The number of fused-ring (bicyclic) bond motifs is 1. The first-order valence-corrected chi connectivity index (χ1v) is 13.8. The van der Waals surface area contributed by atoms with Gasteiger partial charge in [-0.25, -0.2) is 0 Å². The summed E-state index contributed by atoms with van der Waals surface area (Å²) in [5.74, 6) is 1.86. The number of pyridine rings is 1. The highest BCUT2D eigenvalue weighted by Crippen LogP contribution is 2.68. The SMILES string of the molecule is C=CN=CC(=NC)C12CC(NC(=O)C3(C(=O)Nc4ccc(Oc5ccnc6cc(OC)c(OC)cc56)cc4)CC3)(C1)C2. The average Bonchev–Trinajstić information content (AvgIpc) is 3.78. The van der Waals surface area contributed by atoms with Crippen LogP contribution in [0.25, 0.3) is 10.9 Å². The molecule has 3 aromatic rings.